The molecular weight excluding hydrogens is 380 g/mol. The molecule has 5 rings (SSSR count). The number of H-pyrrole nitrogens is 1. The maximum absolute atomic E-state index is 12.8. The Bertz CT molecular complexity index is 1120. The second kappa shape index (κ2) is 8.06. The van der Waals surface area contributed by atoms with Gasteiger partial charge in [0.15, 0.2) is 0 Å². The molecule has 0 bridgehead atoms. The van der Waals surface area contributed by atoms with Crippen LogP contribution in [0.3, 0.4) is 0 Å². The number of hydrogen-bond acceptors (Lipinski definition) is 6. The van der Waals surface area contributed by atoms with Gasteiger partial charge < -0.3 is 14.4 Å². The van der Waals surface area contributed by atoms with Crippen LogP contribution >= 0.6 is 0 Å². The fourth-order valence-electron chi connectivity index (χ4n) is 3.92. The first kappa shape index (κ1) is 18.5. The van der Waals surface area contributed by atoms with Gasteiger partial charge in [-0.3, -0.25) is 9.78 Å². The number of pyridine rings is 1. The van der Waals surface area contributed by atoms with E-state index in [1.54, 1.807) is 6.20 Å². The average molecular weight is 402 g/mol. The lowest BCUT2D eigenvalue weighted by molar-refractivity contribution is -0.132. The molecule has 0 aliphatic carbocycles. The number of aryl methyl sites for hydroxylation is 1. The van der Waals surface area contributed by atoms with Gasteiger partial charge in [0.25, 0.3) is 0 Å². The second-order valence-corrected chi connectivity index (χ2v) is 7.54. The first-order valence-electron chi connectivity index (χ1n) is 10.2. The highest BCUT2D eigenvalue weighted by molar-refractivity contribution is 5.77. The molecule has 0 radical (unpaired) electrons. The van der Waals surface area contributed by atoms with Gasteiger partial charge in [-0.2, -0.15) is 4.98 Å². The van der Waals surface area contributed by atoms with Gasteiger partial charge >= 0.3 is 0 Å². The molecule has 1 aliphatic rings. The molecular formula is C22H22N6O2. The highest BCUT2D eigenvalue weighted by Crippen LogP contribution is 2.27. The number of rotatable bonds is 5. The lowest BCUT2D eigenvalue weighted by Gasteiger charge is -2.31. The topological polar surface area (TPSA) is 101 Å². The summed E-state index contributed by atoms with van der Waals surface area (Å²) in [5.74, 6) is 2.20. The van der Waals surface area contributed by atoms with Crippen LogP contribution in [0.4, 0.5) is 0 Å². The predicted molar refractivity (Wildman–Crippen MR) is 110 cm³/mol. The summed E-state index contributed by atoms with van der Waals surface area (Å²) >= 11 is 0. The number of imidazole rings is 1. The van der Waals surface area contributed by atoms with Crippen LogP contribution < -0.4 is 0 Å². The molecule has 0 spiro atoms. The fraction of sp³-hybridized carbons (Fsp3) is 0.318. The van der Waals surface area contributed by atoms with Crippen molar-refractivity contribution in [2.45, 2.75) is 31.6 Å². The largest absolute Gasteiger partial charge is 0.342 e. The normalized spacial score (nSPS) is 16.8. The Morgan fingerprint density at radius 2 is 2.07 bits per heavy atom. The predicted octanol–water partition coefficient (Wildman–Crippen LogP) is 3.35. The Hall–Kier alpha value is -3.55. The zero-order valence-electron chi connectivity index (χ0n) is 16.5. The van der Waals surface area contributed by atoms with Crippen molar-refractivity contribution in [1.29, 1.82) is 0 Å². The zero-order valence-corrected chi connectivity index (χ0v) is 16.5. The van der Waals surface area contributed by atoms with Gasteiger partial charge in [-0.1, -0.05) is 23.4 Å². The minimum absolute atomic E-state index is 0.105. The Morgan fingerprint density at radius 3 is 2.93 bits per heavy atom. The molecule has 1 aliphatic heterocycles. The number of carbonyl (C=O) groups is 1. The Kier molecular flexibility index (Phi) is 4.96. The van der Waals surface area contributed by atoms with Gasteiger partial charge in [-0.05, 0) is 37.1 Å². The molecule has 3 aromatic heterocycles. The van der Waals surface area contributed by atoms with Crippen molar-refractivity contribution in [3.8, 4) is 11.5 Å². The quantitative estimate of drug-likeness (QED) is 0.549. The van der Waals surface area contributed by atoms with Gasteiger partial charge in [0.2, 0.25) is 17.6 Å². The molecule has 1 fully saturated rings. The molecule has 0 saturated carbocycles. The van der Waals surface area contributed by atoms with Gasteiger partial charge in [-0.15, -0.1) is 0 Å². The van der Waals surface area contributed by atoms with Crippen molar-refractivity contribution in [3.63, 3.8) is 0 Å². The first-order chi connectivity index (χ1) is 14.8. The second-order valence-electron chi connectivity index (χ2n) is 7.54. The van der Waals surface area contributed by atoms with Gasteiger partial charge in [0, 0.05) is 38.0 Å². The number of aromatic amines is 1. The van der Waals surface area contributed by atoms with E-state index in [0.29, 0.717) is 36.8 Å². The summed E-state index contributed by atoms with van der Waals surface area (Å²) in [5.41, 5.74) is 2.66. The number of nitrogens with zero attached hydrogens (tertiary/aromatic N) is 5. The Balaban J connectivity index is 1.20. The minimum Gasteiger partial charge on any atom is -0.342 e. The van der Waals surface area contributed by atoms with E-state index in [1.165, 1.54) is 0 Å². The van der Waals surface area contributed by atoms with Crippen molar-refractivity contribution in [1.82, 2.24) is 30.0 Å². The molecule has 1 aromatic carbocycles. The van der Waals surface area contributed by atoms with Crippen LogP contribution in [0.15, 0.2) is 53.2 Å². The highest BCUT2D eigenvalue weighted by atomic mass is 16.5. The summed E-state index contributed by atoms with van der Waals surface area (Å²) in [6.45, 7) is 1.46. The SMILES string of the molecule is O=C(CCc1nc(-c2ccccn2)no1)N1CCCC(c2nc3ccccc3[nH]2)C1. The number of piperidine rings is 1. The van der Waals surface area contributed by atoms with Crippen LogP contribution in [0.25, 0.3) is 22.6 Å². The Morgan fingerprint density at radius 1 is 1.17 bits per heavy atom. The lowest BCUT2D eigenvalue weighted by atomic mass is 9.97. The number of likely N-dealkylation sites (tertiary alicyclic amines) is 1. The highest BCUT2D eigenvalue weighted by Gasteiger charge is 2.27. The van der Waals surface area contributed by atoms with Crippen LogP contribution in [0.2, 0.25) is 0 Å². The van der Waals surface area contributed by atoms with Crippen LogP contribution in [-0.2, 0) is 11.2 Å². The van der Waals surface area contributed by atoms with E-state index in [4.69, 9.17) is 9.51 Å². The van der Waals surface area contributed by atoms with Crippen LogP contribution in [0, 0.1) is 0 Å². The summed E-state index contributed by atoms with van der Waals surface area (Å²) < 4.78 is 5.29. The fourth-order valence-corrected chi connectivity index (χ4v) is 3.92. The monoisotopic (exact) mass is 402 g/mol. The smallest absolute Gasteiger partial charge is 0.227 e. The molecule has 4 heterocycles. The van der Waals surface area contributed by atoms with Gasteiger partial charge in [0.05, 0.1) is 11.0 Å². The van der Waals surface area contributed by atoms with E-state index in [2.05, 4.69) is 20.1 Å². The third kappa shape index (κ3) is 3.80. The summed E-state index contributed by atoms with van der Waals surface area (Å²) in [7, 11) is 0. The maximum Gasteiger partial charge on any atom is 0.227 e. The molecule has 1 saturated heterocycles. The van der Waals surface area contributed by atoms with Crippen molar-refractivity contribution in [2.24, 2.45) is 0 Å². The van der Waals surface area contributed by atoms with Gasteiger partial charge in [0.1, 0.15) is 11.5 Å². The third-order valence-corrected chi connectivity index (χ3v) is 5.48. The summed E-state index contributed by atoms with van der Waals surface area (Å²) in [4.78, 5) is 31.4. The van der Waals surface area contributed by atoms with E-state index < -0.39 is 0 Å². The molecule has 1 unspecified atom stereocenters. The van der Waals surface area contributed by atoms with Gasteiger partial charge in [-0.25, -0.2) is 4.98 Å². The Labute approximate surface area is 173 Å². The van der Waals surface area contributed by atoms with Crippen LogP contribution in [0.1, 0.15) is 36.9 Å². The van der Waals surface area contributed by atoms with Crippen molar-refractivity contribution in [2.75, 3.05) is 13.1 Å². The molecule has 1 atom stereocenters. The number of para-hydroxylation sites is 2. The molecule has 8 nitrogen and oxygen atoms in total. The standard InChI is InChI=1S/C22H22N6O2/c29-20(11-10-19-26-22(27-30-19)18-9-3-4-12-23-18)28-13-5-6-15(14-28)21-24-16-7-1-2-8-17(16)25-21/h1-4,7-9,12,15H,5-6,10-11,13-14H2,(H,24,25). The molecule has 8 heteroatoms. The zero-order chi connectivity index (χ0) is 20.3. The minimum atomic E-state index is 0.105. The van der Waals surface area contributed by atoms with E-state index in [-0.39, 0.29) is 11.8 Å². The summed E-state index contributed by atoms with van der Waals surface area (Å²) in [6.07, 6.45) is 4.45. The number of carbonyl (C=O) groups excluding carboxylic acids is 1. The number of nitrogens with one attached hydrogen (secondary N) is 1. The lowest BCUT2D eigenvalue weighted by Crippen LogP contribution is -2.39. The summed E-state index contributed by atoms with van der Waals surface area (Å²) in [5, 5.41) is 3.96. The summed E-state index contributed by atoms with van der Waals surface area (Å²) in [6, 6.07) is 13.5. The van der Waals surface area contributed by atoms with Crippen molar-refractivity contribution >= 4 is 16.9 Å². The maximum atomic E-state index is 12.8. The number of hydrogen-bond donors (Lipinski definition) is 1. The number of fused-ring (bicyclic) bond motifs is 1. The van der Waals surface area contributed by atoms with Crippen LogP contribution in [-0.4, -0.2) is 49.0 Å². The molecule has 30 heavy (non-hydrogen) atoms. The van der Waals surface area contributed by atoms with Crippen molar-refractivity contribution < 1.29 is 9.32 Å². The third-order valence-electron chi connectivity index (χ3n) is 5.48. The van der Waals surface area contributed by atoms with E-state index >= 15 is 0 Å². The number of amides is 1. The molecule has 1 N–H and O–H groups in total. The van der Waals surface area contributed by atoms with E-state index in [0.717, 1.165) is 36.2 Å². The first-order valence-corrected chi connectivity index (χ1v) is 10.2. The van der Waals surface area contributed by atoms with E-state index in [9.17, 15) is 4.79 Å². The van der Waals surface area contributed by atoms with Crippen LogP contribution in [0.5, 0.6) is 0 Å². The average Bonchev–Trinajstić information content (AvgIpc) is 3.45. The molecule has 4 aromatic rings. The number of aromatic nitrogens is 5. The van der Waals surface area contributed by atoms with Crippen molar-refractivity contribution in [3.05, 3.63) is 60.4 Å². The molecule has 1 amide bonds. The molecule has 152 valence electrons. The number of benzene rings is 1. The van der Waals surface area contributed by atoms with E-state index in [1.807, 2.05) is 47.4 Å².